The molecule has 3 N–H and O–H groups in total. The zero-order chi connectivity index (χ0) is 19.7. The fourth-order valence-corrected chi connectivity index (χ4v) is 3.99. The maximum absolute atomic E-state index is 12.7. The number of hydrogen-bond acceptors (Lipinski definition) is 3. The van der Waals surface area contributed by atoms with Gasteiger partial charge in [-0.2, -0.15) is 0 Å². The second-order valence-corrected chi connectivity index (χ2v) is 8.10. The van der Waals surface area contributed by atoms with E-state index >= 15 is 0 Å². The second kappa shape index (κ2) is 7.58. The molecule has 2 aliphatic rings. The third-order valence-electron chi connectivity index (χ3n) is 5.02. The number of rotatable bonds is 4. The molecule has 7 heteroatoms. The van der Waals surface area contributed by atoms with E-state index in [1.54, 1.807) is 4.90 Å². The van der Waals surface area contributed by atoms with Crippen molar-refractivity contribution in [2.24, 2.45) is 5.92 Å². The van der Waals surface area contributed by atoms with Crippen LogP contribution in [-0.2, 0) is 9.59 Å². The van der Waals surface area contributed by atoms with Crippen molar-refractivity contribution >= 4 is 23.5 Å². The van der Waals surface area contributed by atoms with Gasteiger partial charge in [-0.3, -0.25) is 9.59 Å². The van der Waals surface area contributed by atoms with Crippen LogP contribution in [-0.4, -0.2) is 47.4 Å². The van der Waals surface area contributed by atoms with Gasteiger partial charge in [-0.15, -0.1) is 0 Å². The summed E-state index contributed by atoms with van der Waals surface area (Å²) in [5.41, 5.74) is 2.87. The van der Waals surface area contributed by atoms with Gasteiger partial charge in [0.05, 0.1) is 6.04 Å². The number of carbonyl (C=O) groups is 3. The van der Waals surface area contributed by atoms with Gasteiger partial charge >= 0.3 is 6.03 Å². The predicted octanol–water partition coefficient (Wildman–Crippen LogP) is 1.94. The van der Waals surface area contributed by atoms with E-state index < -0.39 is 12.1 Å². The summed E-state index contributed by atoms with van der Waals surface area (Å²) in [6.07, 6.45) is 1.06. The van der Waals surface area contributed by atoms with Crippen LogP contribution in [0, 0.1) is 19.8 Å². The Morgan fingerprint density at radius 2 is 1.89 bits per heavy atom. The summed E-state index contributed by atoms with van der Waals surface area (Å²) in [5, 5.41) is 8.57. The summed E-state index contributed by atoms with van der Waals surface area (Å²) in [5.74, 6) is 0.141. The molecule has 27 heavy (non-hydrogen) atoms. The van der Waals surface area contributed by atoms with Crippen molar-refractivity contribution in [2.45, 2.75) is 58.7 Å². The molecule has 0 spiro atoms. The van der Waals surface area contributed by atoms with E-state index in [1.165, 1.54) is 0 Å². The topological polar surface area (TPSA) is 90.5 Å². The van der Waals surface area contributed by atoms with Crippen molar-refractivity contribution in [3.05, 3.63) is 29.3 Å². The Bertz CT molecular complexity index is 741. The number of aryl methyl sites for hydroxylation is 2. The number of anilines is 1. The first-order valence-electron chi connectivity index (χ1n) is 9.49. The van der Waals surface area contributed by atoms with Crippen LogP contribution in [0.25, 0.3) is 0 Å². The molecule has 3 rings (SSSR count). The van der Waals surface area contributed by atoms with Crippen LogP contribution < -0.4 is 16.0 Å². The SMILES string of the molecule is Cc1cc(C)cc(NC(=O)N[C@H]2C[C@H]3C(=O)N[C@H](CC(C)C)C(=O)N3C2)c1. The minimum absolute atomic E-state index is 0.0488. The maximum atomic E-state index is 12.7. The fraction of sp³-hybridized carbons (Fsp3) is 0.550. The molecule has 146 valence electrons. The Balaban J connectivity index is 1.61. The van der Waals surface area contributed by atoms with E-state index in [0.717, 1.165) is 16.8 Å². The molecular weight excluding hydrogens is 344 g/mol. The van der Waals surface area contributed by atoms with Gasteiger partial charge in [-0.25, -0.2) is 4.79 Å². The highest BCUT2D eigenvalue weighted by Crippen LogP contribution is 2.25. The lowest BCUT2D eigenvalue weighted by molar-refractivity contribution is -0.147. The number of carbonyl (C=O) groups excluding carboxylic acids is 3. The fourth-order valence-electron chi connectivity index (χ4n) is 3.99. The Morgan fingerprint density at radius 1 is 1.22 bits per heavy atom. The van der Waals surface area contributed by atoms with Crippen LogP contribution in [0.3, 0.4) is 0 Å². The molecule has 4 amide bonds. The molecule has 2 fully saturated rings. The highest BCUT2D eigenvalue weighted by molar-refractivity contribution is 5.98. The predicted molar refractivity (Wildman–Crippen MR) is 103 cm³/mol. The Hall–Kier alpha value is -2.57. The number of urea groups is 1. The summed E-state index contributed by atoms with van der Waals surface area (Å²) < 4.78 is 0. The van der Waals surface area contributed by atoms with Gasteiger partial charge in [-0.05, 0) is 55.9 Å². The van der Waals surface area contributed by atoms with Crippen LogP contribution in [0.2, 0.25) is 0 Å². The maximum Gasteiger partial charge on any atom is 0.319 e. The smallest absolute Gasteiger partial charge is 0.319 e. The number of nitrogens with one attached hydrogen (secondary N) is 3. The van der Waals surface area contributed by atoms with Crippen LogP contribution >= 0.6 is 0 Å². The third kappa shape index (κ3) is 4.40. The van der Waals surface area contributed by atoms with E-state index in [2.05, 4.69) is 16.0 Å². The van der Waals surface area contributed by atoms with Gasteiger partial charge in [0.2, 0.25) is 11.8 Å². The van der Waals surface area contributed by atoms with E-state index in [4.69, 9.17) is 0 Å². The summed E-state index contributed by atoms with van der Waals surface area (Å²) in [7, 11) is 0. The summed E-state index contributed by atoms with van der Waals surface area (Å²) >= 11 is 0. The van der Waals surface area contributed by atoms with E-state index in [-0.39, 0.29) is 23.9 Å². The lowest BCUT2D eigenvalue weighted by atomic mass is 9.99. The molecule has 3 atom stereocenters. The molecule has 0 aliphatic carbocycles. The molecule has 0 aromatic heterocycles. The Kier molecular flexibility index (Phi) is 5.39. The zero-order valence-electron chi connectivity index (χ0n) is 16.3. The summed E-state index contributed by atoms with van der Waals surface area (Å²) in [4.78, 5) is 39.0. The van der Waals surface area contributed by atoms with Crippen molar-refractivity contribution in [3.63, 3.8) is 0 Å². The van der Waals surface area contributed by atoms with E-state index in [1.807, 2.05) is 45.9 Å². The normalized spacial score (nSPS) is 24.6. The second-order valence-electron chi connectivity index (χ2n) is 8.10. The first-order chi connectivity index (χ1) is 12.7. The summed E-state index contributed by atoms with van der Waals surface area (Å²) in [6.45, 7) is 8.37. The first kappa shape index (κ1) is 19.2. The van der Waals surface area contributed by atoms with Gasteiger partial charge < -0.3 is 20.9 Å². The lowest BCUT2D eigenvalue weighted by Gasteiger charge is -2.35. The third-order valence-corrected chi connectivity index (χ3v) is 5.02. The molecule has 2 aliphatic heterocycles. The number of hydrogen-bond donors (Lipinski definition) is 3. The van der Waals surface area contributed by atoms with Crippen LogP contribution in [0.5, 0.6) is 0 Å². The van der Waals surface area contributed by atoms with Gasteiger partial charge in [0.25, 0.3) is 0 Å². The number of benzene rings is 1. The molecule has 2 saturated heterocycles. The first-order valence-corrected chi connectivity index (χ1v) is 9.49. The molecular formula is C20H28N4O3. The molecule has 2 heterocycles. The average Bonchev–Trinajstić information content (AvgIpc) is 2.95. The molecule has 7 nitrogen and oxygen atoms in total. The number of fused-ring (bicyclic) bond motifs is 1. The number of nitrogens with zero attached hydrogens (tertiary/aromatic N) is 1. The van der Waals surface area contributed by atoms with Crippen LogP contribution in [0.1, 0.15) is 37.8 Å². The minimum Gasteiger partial charge on any atom is -0.342 e. The van der Waals surface area contributed by atoms with E-state index in [9.17, 15) is 14.4 Å². The lowest BCUT2D eigenvalue weighted by Crippen LogP contribution is -2.61. The highest BCUT2D eigenvalue weighted by atomic mass is 16.2. The van der Waals surface area contributed by atoms with Crippen molar-refractivity contribution < 1.29 is 14.4 Å². The van der Waals surface area contributed by atoms with Crippen molar-refractivity contribution in [2.75, 3.05) is 11.9 Å². The van der Waals surface area contributed by atoms with Crippen molar-refractivity contribution in [1.29, 1.82) is 0 Å². The molecule has 1 aromatic rings. The minimum atomic E-state index is -0.493. The monoisotopic (exact) mass is 372 g/mol. The number of piperazine rings is 1. The highest BCUT2D eigenvalue weighted by Gasteiger charge is 2.46. The molecule has 0 unspecified atom stereocenters. The van der Waals surface area contributed by atoms with Crippen LogP contribution in [0.15, 0.2) is 18.2 Å². The van der Waals surface area contributed by atoms with Gasteiger partial charge in [0, 0.05) is 12.2 Å². The Labute approximate surface area is 159 Å². The quantitative estimate of drug-likeness (QED) is 0.754. The van der Waals surface area contributed by atoms with Gasteiger partial charge in [-0.1, -0.05) is 19.9 Å². The standard InChI is InChI=1S/C20H28N4O3/c1-11(2)5-16-19(26)24-10-15(9-17(24)18(25)23-16)22-20(27)21-14-7-12(3)6-13(4)8-14/h6-8,11,15-17H,5,9-10H2,1-4H3,(H,23,25)(H2,21,22,27)/t15-,16+,17-/m0/s1. The molecule has 0 bridgehead atoms. The van der Waals surface area contributed by atoms with Crippen molar-refractivity contribution in [3.8, 4) is 0 Å². The molecule has 0 radical (unpaired) electrons. The summed E-state index contributed by atoms with van der Waals surface area (Å²) in [6, 6.07) is 4.32. The van der Waals surface area contributed by atoms with Gasteiger partial charge in [0.1, 0.15) is 12.1 Å². The van der Waals surface area contributed by atoms with Crippen molar-refractivity contribution in [1.82, 2.24) is 15.5 Å². The molecule has 1 aromatic carbocycles. The average molecular weight is 372 g/mol. The molecule has 0 saturated carbocycles. The van der Waals surface area contributed by atoms with E-state index in [0.29, 0.717) is 25.3 Å². The van der Waals surface area contributed by atoms with Crippen LogP contribution in [0.4, 0.5) is 10.5 Å². The van der Waals surface area contributed by atoms with Gasteiger partial charge in [0.15, 0.2) is 0 Å². The number of amides is 4. The zero-order valence-corrected chi connectivity index (χ0v) is 16.3. The Morgan fingerprint density at radius 3 is 2.52 bits per heavy atom. The largest absolute Gasteiger partial charge is 0.342 e.